The van der Waals surface area contributed by atoms with Crippen LogP contribution in [0.25, 0.3) is 0 Å². The minimum Gasteiger partial charge on any atom is -0.299 e. The molecule has 0 saturated carbocycles. The summed E-state index contributed by atoms with van der Waals surface area (Å²) in [5.41, 5.74) is 1.26. The first-order valence-corrected chi connectivity index (χ1v) is 6.48. The van der Waals surface area contributed by atoms with Gasteiger partial charge < -0.3 is 0 Å². The van der Waals surface area contributed by atoms with Crippen molar-refractivity contribution in [3.63, 3.8) is 0 Å². The molecule has 1 aromatic heterocycles. The lowest BCUT2D eigenvalue weighted by Crippen LogP contribution is -2.34. The minimum absolute atomic E-state index is 0.578. The van der Waals surface area contributed by atoms with Gasteiger partial charge in [0, 0.05) is 19.3 Å². The first-order valence-electron chi connectivity index (χ1n) is 6.10. The van der Waals surface area contributed by atoms with Gasteiger partial charge in [0.05, 0.1) is 0 Å². The van der Waals surface area contributed by atoms with Crippen LogP contribution in [0.1, 0.15) is 31.7 Å². The van der Waals surface area contributed by atoms with Gasteiger partial charge in [-0.3, -0.25) is 4.90 Å². The fourth-order valence-electron chi connectivity index (χ4n) is 2.39. The van der Waals surface area contributed by atoms with Crippen LogP contribution in [0.4, 0.5) is 0 Å². The minimum atomic E-state index is 0.578. The number of aromatic nitrogens is 1. The summed E-state index contributed by atoms with van der Waals surface area (Å²) < 4.78 is 0. The van der Waals surface area contributed by atoms with Crippen molar-refractivity contribution in [1.29, 1.82) is 0 Å². The molecule has 0 aliphatic carbocycles. The van der Waals surface area contributed by atoms with Crippen LogP contribution in [0.5, 0.6) is 0 Å². The summed E-state index contributed by atoms with van der Waals surface area (Å²) in [5, 5.41) is 0.578. The van der Waals surface area contributed by atoms with Crippen molar-refractivity contribution in [2.75, 3.05) is 13.1 Å². The second kappa shape index (κ2) is 5.65. The summed E-state index contributed by atoms with van der Waals surface area (Å²) in [4.78, 5) is 6.65. The van der Waals surface area contributed by atoms with Crippen molar-refractivity contribution >= 4 is 11.6 Å². The molecule has 1 aliphatic rings. The van der Waals surface area contributed by atoms with E-state index in [1.54, 1.807) is 0 Å². The highest BCUT2D eigenvalue weighted by atomic mass is 35.5. The molecule has 88 valence electrons. The Hall–Kier alpha value is -0.600. The Balaban J connectivity index is 1.91. The van der Waals surface area contributed by atoms with Gasteiger partial charge in [-0.15, -0.1) is 0 Å². The Bertz CT molecular complexity index is 323. The third kappa shape index (κ3) is 3.19. The second-order valence-corrected chi connectivity index (χ2v) is 5.03. The average molecular weight is 239 g/mol. The molecule has 1 unspecified atom stereocenters. The molecule has 3 heteroatoms. The number of nitrogens with zero attached hydrogens (tertiary/aromatic N) is 2. The van der Waals surface area contributed by atoms with Gasteiger partial charge in [0.1, 0.15) is 5.15 Å². The molecule has 1 atom stereocenters. The van der Waals surface area contributed by atoms with E-state index < -0.39 is 0 Å². The molecule has 16 heavy (non-hydrogen) atoms. The number of likely N-dealkylation sites (tertiary alicyclic amines) is 1. The Morgan fingerprint density at radius 1 is 1.50 bits per heavy atom. The lowest BCUT2D eigenvalue weighted by molar-refractivity contribution is 0.164. The zero-order valence-corrected chi connectivity index (χ0v) is 10.6. The molecule has 2 nitrogen and oxygen atoms in total. The summed E-state index contributed by atoms with van der Waals surface area (Å²) in [6.45, 7) is 5.76. The van der Waals surface area contributed by atoms with Gasteiger partial charge in [0.2, 0.25) is 0 Å². The zero-order chi connectivity index (χ0) is 11.4. The summed E-state index contributed by atoms with van der Waals surface area (Å²) >= 11 is 5.78. The van der Waals surface area contributed by atoms with Crippen LogP contribution in [0.3, 0.4) is 0 Å². The monoisotopic (exact) mass is 238 g/mol. The molecule has 1 fully saturated rings. The number of hydrogen-bond donors (Lipinski definition) is 0. The molecule has 0 radical (unpaired) electrons. The predicted octanol–water partition coefficient (Wildman–Crippen LogP) is 3.36. The van der Waals surface area contributed by atoms with E-state index in [0.29, 0.717) is 5.15 Å². The SMILES string of the molecule is CCC1CCCN(Cc2ccc(Cl)nc2)C1. The topological polar surface area (TPSA) is 16.1 Å². The number of hydrogen-bond acceptors (Lipinski definition) is 2. The van der Waals surface area contributed by atoms with Gasteiger partial charge in [-0.25, -0.2) is 4.98 Å². The van der Waals surface area contributed by atoms with Gasteiger partial charge in [0.15, 0.2) is 0 Å². The molecule has 2 heterocycles. The van der Waals surface area contributed by atoms with E-state index in [1.165, 1.54) is 37.9 Å². The predicted molar refractivity (Wildman–Crippen MR) is 67.5 cm³/mol. The highest BCUT2D eigenvalue weighted by Gasteiger charge is 2.18. The van der Waals surface area contributed by atoms with Gasteiger partial charge in [-0.1, -0.05) is 31.0 Å². The van der Waals surface area contributed by atoms with Crippen LogP contribution in [-0.4, -0.2) is 23.0 Å². The summed E-state index contributed by atoms with van der Waals surface area (Å²) in [7, 11) is 0. The Morgan fingerprint density at radius 2 is 2.38 bits per heavy atom. The van der Waals surface area contributed by atoms with Gasteiger partial charge >= 0.3 is 0 Å². The highest BCUT2D eigenvalue weighted by molar-refractivity contribution is 6.29. The van der Waals surface area contributed by atoms with Crippen molar-refractivity contribution < 1.29 is 0 Å². The second-order valence-electron chi connectivity index (χ2n) is 4.64. The first-order chi connectivity index (χ1) is 7.78. The average Bonchev–Trinajstić information content (AvgIpc) is 2.32. The van der Waals surface area contributed by atoms with Crippen molar-refractivity contribution in [1.82, 2.24) is 9.88 Å². The summed E-state index contributed by atoms with van der Waals surface area (Å²) in [5.74, 6) is 0.883. The van der Waals surface area contributed by atoms with Gasteiger partial charge in [-0.2, -0.15) is 0 Å². The standard InChI is InChI=1S/C13H19ClN2/c1-2-11-4-3-7-16(9-11)10-12-5-6-13(14)15-8-12/h5-6,8,11H,2-4,7,9-10H2,1H3. The molecule has 0 N–H and O–H groups in total. The summed E-state index contributed by atoms with van der Waals surface area (Å²) in [6.07, 6.45) is 5.92. The lowest BCUT2D eigenvalue weighted by Gasteiger charge is -2.32. The molecule has 0 spiro atoms. The fourth-order valence-corrected chi connectivity index (χ4v) is 2.50. The molecule has 0 amide bonds. The maximum atomic E-state index is 5.78. The maximum absolute atomic E-state index is 5.78. The van der Waals surface area contributed by atoms with Crippen LogP contribution in [0.2, 0.25) is 5.15 Å². The molecule has 1 saturated heterocycles. The van der Waals surface area contributed by atoms with E-state index in [4.69, 9.17) is 11.6 Å². The number of pyridine rings is 1. The summed E-state index contributed by atoms with van der Waals surface area (Å²) in [6, 6.07) is 3.95. The van der Waals surface area contributed by atoms with E-state index in [2.05, 4.69) is 22.9 Å². The first kappa shape index (κ1) is 11.9. The van der Waals surface area contributed by atoms with Gasteiger partial charge in [0.25, 0.3) is 0 Å². The molecule has 1 aromatic rings. The van der Waals surface area contributed by atoms with Gasteiger partial charge in [-0.05, 0) is 36.9 Å². The van der Waals surface area contributed by atoms with Crippen LogP contribution in [0, 0.1) is 5.92 Å². The molecular formula is C13H19ClN2. The van der Waals surface area contributed by atoms with E-state index in [9.17, 15) is 0 Å². The van der Waals surface area contributed by atoms with E-state index in [1.807, 2.05) is 12.3 Å². The van der Waals surface area contributed by atoms with Crippen LogP contribution < -0.4 is 0 Å². The van der Waals surface area contributed by atoms with E-state index in [-0.39, 0.29) is 0 Å². The zero-order valence-electron chi connectivity index (χ0n) is 9.82. The van der Waals surface area contributed by atoms with Crippen molar-refractivity contribution in [3.8, 4) is 0 Å². The molecule has 2 rings (SSSR count). The maximum Gasteiger partial charge on any atom is 0.129 e. The Morgan fingerprint density at radius 3 is 3.06 bits per heavy atom. The van der Waals surface area contributed by atoms with E-state index in [0.717, 1.165) is 12.5 Å². The Labute approximate surface area is 103 Å². The number of piperidine rings is 1. The van der Waals surface area contributed by atoms with Crippen LogP contribution in [-0.2, 0) is 6.54 Å². The lowest BCUT2D eigenvalue weighted by atomic mass is 9.95. The fraction of sp³-hybridized carbons (Fsp3) is 0.615. The van der Waals surface area contributed by atoms with Crippen molar-refractivity contribution in [2.45, 2.75) is 32.7 Å². The highest BCUT2D eigenvalue weighted by Crippen LogP contribution is 2.20. The quantitative estimate of drug-likeness (QED) is 0.751. The van der Waals surface area contributed by atoms with Crippen molar-refractivity contribution in [3.05, 3.63) is 29.0 Å². The van der Waals surface area contributed by atoms with E-state index >= 15 is 0 Å². The third-order valence-electron chi connectivity index (χ3n) is 3.38. The Kier molecular flexibility index (Phi) is 4.19. The van der Waals surface area contributed by atoms with Crippen LogP contribution in [0.15, 0.2) is 18.3 Å². The number of halogens is 1. The van der Waals surface area contributed by atoms with Crippen molar-refractivity contribution in [2.24, 2.45) is 5.92 Å². The number of rotatable bonds is 3. The van der Waals surface area contributed by atoms with Crippen LogP contribution >= 0.6 is 11.6 Å². The largest absolute Gasteiger partial charge is 0.299 e. The smallest absolute Gasteiger partial charge is 0.129 e. The molecular weight excluding hydrogens is 220 g/mol. The molecule has 0 bridgehead atoms. The molecule has 0 aromatic carbocycles. The molecule has 1 aliphatic heterocycles. The normalized spacial score (nSPS) is 22.2. The third-order valence-corrected chi connectivity index (χ3v) is 3.60.